The van der Waals surface area contributed by atoms with E-state index in [0.717, 1.165) is 0 Å². The minimum absolute atomic E-state index is 0. The van der Waals surface area contributed by atoms with Gasteiger partial charge in [0.25, 0.3) is 0 Å². The van der Waals surface area contributed by atoms with Gasteiger partial charge in [-0.2, -0.15) is 0 Å². The van der Waals surface area contributed by atoms with Gasteiger partial charge in [-0.1, -0.05) is 0 Å². The van der Waals surface area contributed by atoms with E-state index in [1.54, 1.807) is 0 Å². The van der Waals surface area contributed by atoms with Crippen LogP contribution in [0.1, 0.15) is 6.92 Å². The van der Waals surface area contributed by atoms with Crippen molar-refractivity contribution in [3.63, 3.8) is 0 Å². The fourth-order valence-electron chi connectivity index (χ4n) is 0.390. The summed E-state index contributed by atoms with van der Waals surface area (Å²) in [7, 11) is 0. The Balaban J connectivity index is 0.000000360. The van der Waals surface area contributed by atoms with Crippen LogP contribution in [0.5, 0.6) is 0 Å². The Bertz CT molecular complexity index is 83.8. The predicted molar refractivity (Wildman–Crippen MR) is 29.7 cm³/mol. The number of halogens is 1. The van der Waals surface area contributed by atoms with Gasteiger partial charge in [0.1, 0.15) is 0 Å². The molecule has 1 unspecified atom stereocenters. The van der Waals surface area contributed by atoms with Gasteiger partial charge in [-0.3, -0.25) is 4.79 Å². The molecule has 1 rings (SSSR count). The Kier molecular flexibility index (Phi) is 2.26. The minimum Gasteiger partial charge on any atom is -0.301 e. The minimum atomic E-state index is 0. The molecule has 0 aromatic heterocycles. The van der Waals surface area contributed by atoms with E-state index in [2.05, 4.69) is 5.32 Å². The Morgan fingerprint density at radius 1 is 1.86 bits per heavy atom. The normalized spacial score (nSPS) is 28.1. The molecule has 1 N–H and O–H groups in total. The highest BCUT2D eigenvalue weighted by atomic mass is 35.5. The zero-order chi connectivity index (χ0) is 4.57. The lowest BCUT2D eigenvalue weighted by Gasteiger charge is -2.20. The van der Waals surface area contributed by atoms with E-state index in [9.17, 15) is 4.79 Å². The molecule has 1 aliphatic rings. The summed E-state index contributed by atoms with van der Waals surface area (Å²) >= 11 is 0. The number of rotatable bonds is 0. The number of carbonyl (C=O) groups excluding carboxylic acids is 1. The van der Waals surface area contributed by atoms with Crippen LogP contribution in [0.25, 0.3) is 0 Å². The SMILES string of the molecule is CC1NCC1=O.Cl. The maximum atomic E-state index is 10.2. The Hall–Kier alpha value is -0.0800. The van der Waals surface area contributed by atoms with E-state index in [-0.39, 0.29) is 18.4 Å². The van der Waals surface area contributed by atoms with Gasteiger partial charge >= 0.3 is 0 Å². The molecule has 0 amide bonds. The molecule has 0 aromatic rings. The summed E-state index contributed by atoms with van der Waals surface area (Å²) in [5.41, 5.74) is 0. The van der Waals surface area contributed by atoms with E-state index in [1.165, 1.54) is 0 Å². The van der Waals surface area contributed by atoms with Crippen molar-refractivity contribution in [3.8, 4) is 0 Å². The van der Waals surface area contributed by atoms with Gasteiger partial charge in [0.05, 0.1) is 12.6 Å². The van der Waals surface area contributed by atoms with Crippen molar-refractivity contribution in [2.24, 2.45) is 0 Å². The van der Waals surface area contributed by atoms with Gasteiger partial charge in [-0.25, -0.2) is 0 Å². The molecule has 1 fully saturated rings. The molecule has 1 heterocycles. The summed E-state index contributed by atoms with van der Waals surface area (Å²) in [6, 6.07) is 0.144. The van der Waals surface area contributed by atoms with Gasteiger partial charge in [0.15, 0.2) is 5.78 Å². The van der Waals surface area contributed by atoms with Crippen LogP contribution in [-0.4, -0.2) is 18.4 Å². The lowest BCUT2D eigenvalue weighted by atomic mass is 10.1. The third-order valence-electron chi connectivity index (χ3n) is 1.07. The van der Waals surface area contributed by atoms with Crippen molar-refractivity contribution in [2.75, 3.05) is 6.54 Å². The first kappa shape index (κ1) is 6.92. The van der Waals surface area contributed by atoms with Crippen LogP contribution in [-0.2, 0) is 4.79 Å². The van der Waals surface area contributed by atoms with Crippen molar-refractivity contribution >= 4 is 18.2 Å². The predicted octanol–water partition coefficient (Wildman–Crippen LogP) is -0.0310. The third-order valence-corrected chi connectivity index (χ3v) is 1.07. The molecule has 1 aliphatic heterocycles. The van der Waals surface area contributed by atoms with Crippen LogP contribution < -0.4 is 5.32 Å². The van der Waals surface area contributed by atoms with E-state index < -0.39 is 0 Å². The van der Waals surface area contributed by atoms with Crippen LogP contribution in [0.4, 0.5) is 0 Å². The topological polar surface area (TPSA) is 29.1 Å². The zero-order valence-corrected chi connectivity index (χ0v) is 4.92. The second kappa shape index (κ2) is 2.28. The van der Waals surface area contributed by atoms with Gasteiger partial charge in [0.2, 0.25) is 0 Å². The molecule has 1 atom stereocenters. The van der Waals surface area contributed by atoms with E-state index in [4.69, 9.17) is 0 Å². The third kappa shape index (κ3) is 1.14. The van der Waals surface area contributed by atoms with E-state index >= 15 is 0 Å². The summed E-state index contributed by atoms with van der Waals surface area (Å²) < 4.78 is 0. The summed E-state index contributed by atoms with van der Waals surface area (Å²) in [6.45, 7) is 2.45. The lowest BCUT2D eigenvalue weighted by Crippen LogP contribution is -2.51. The highest BCUT2D eigenvalue weighted by molar-refractivity contribution is 5.90. The fraction of sp³-hybridized carbons (Fsp3) is 0.750. The summed E-state index contributed by atoms with van der Waals surface area (Å²) in [6.07, 6.45) is 0. The fourth-order valence-corrected chi connectivity index (χ4v) is 0.390. The second-order valence-corrected chi connectivity index (χ2v) is 1.57. The van der Waals surface area contributed by atoms with Crippen molar-refractivity contribution in [1.82, 2.24) is 5.32 Å². The van der Waals surface area contributed by atoms with Crippen LogP contribution in [0, 0.1) is 0 Å². The molecular weight excluding hydrogens is 114 g/mol. The van der Waals surface area contributed by atoms with Crippen LogP contribution in [0.3, 0.4) is 0 Å². The number of Topliss-reactive ketones (excluding diaryl/α,β-unsaturated/α-hetero) is 1. The molecule has 0 spiro atoms. The summed E-state index contributed by atoms with van der Waals surface area (Å²) in [4.78, 5) is 10.2. The Labute approximate surface area is 48.7 Å². The number of hydrogen-bond donors (Lipinski definition) is 1. The second-order valence-electron chi connectivity index (χ2n) is 1.57. The van der Waals surface area contributed by atoms with Gasteiger partial charge in [-0.05, 0) is 6.92 Å². The highest BCUT2D eigenvalue weighted by Crippen LogP contribution is 1.91. The molecule has 0 aliphatic carbocycles. The van der Waals surface area contributed by atoms with Crippen molar-refractivity contribution in [3.05, 3.63) is 0 Å². The molecule has 7 heavy (non-hydrogen) atoms. The Morgan fingerprint density at radius 2 is 2.29 bits per heavy atom. The van der Waals surface area contributed by atoms with Gasteiger partial charge in [-0.15, -0.1) is 12.4 Å². The monoisotopic (exact) mass is 121 g/mol. The average Bonchev–Trinajstić information content (AvgIpc) is 1.61. The first-order chi connectivity index (χ1) is 2.80. The van der Waals surface area contributed by atoms with E-state index in [1.807, 2.05) is 6.92 Å². The molecule has 42 valence electrons. The molecule has 0 saturated carbocycles. The molecule has 0 aromatic carbocycles. The Morgan fingerprint density at radius 3 is 2.29 bits per heavy atom. The standard InChI is InChI=1S/C4H7NO.ClH/c1-3-4(6)2-5-3;/h3,5H,2H2,1H3;1H. The first-order valence-corrected chi connectivity index (χ1v) is 2.07. The van der Waals surface area contributed by atoms with Gasteiger partial charge < -0.3 is 5.32 Å². The number of nitrogens with one attached hydrogen (secondary N) is 1. The largest absolute Gasteiger partial charge is 0.301 e. The first-order valence-electron chi connectivity index (χ1n) is 2.07. The van der Waals surface area contributed by atoms with Crippen molar-refractivity contribution in [1.29, 1.82) is 0 Å². The van der Waals surface area contributed by atoms with Crippen LogP contribution in [0.2, 0.25) is 0 Å². The van der Waals surface area contributed by atoms with Crippen LogP contribution in [0.15, 0.2) is 0 Å². The lowest BCUT2D eigenvalue weighted by molar-refractivity contribution is -0.124. The average molecular weight is 122 g/mol. The number of hydrogen-bond acceptors (Lipinski definition) is 2. The van der Waals surface area contributed by atoms with Crippen LogP contribution >= 0.6 is 12.4 Å². The van der Waals surface area contributed by atoms with E-state index in [0.29, 0.717) is 12.3 Å². The molecule has 1 saturated heterocycles. The smallest absolute Gasteiger partial charge is 0.163 e. The zero-order valence-electron chi connectivity index (χ0n) is 4.10. The molecule has 3 heteroatoms. The summed E-state index contributed by atoms with van der Waals surface area (Å²) in [5, 5.41) is 2.91. The molecule has 0 bridgehead atoms. The number of ketones is 1. The van der Waals surface area contributed by atoms with Crippen molar-refractivity contribution < 1.29 is 4.79 Å². The molecule has 0 radical (unpaired) electrons. The maximum Gasteiger partial charge on any atom is 0.163 e. The highest BCUT2D eigenvalue weighted by Gasteiger charge is 2.20. The number of carbonyl (C=O) groups is 1. The molecular formula is C4H8ClNO. The maximum absolute atomic E-state index is 10.2. The van der Waals surface area contributed by atoms with Crippen molar-refractivity contribution in [2.45, 2.75) is 13.0 Å². The quantitative estimate of drug-likeness (QED) is 0.488. The van der Waals surface area contributed by atoms with Gasteiger partial charge in [0, 0.05) is 0 Å². The molecule has 2 nitrogen and oxygen atoms in total. The summed E-state index contributed by atoms with van der Waals surface area (Å²) in [5.74, 6) is 0.329.